The van der Waals surface area contributed by atoms with Gasteiger partial charge in [0.1, 0.15) is 11.9 Å². The second-order valence-electron chi connectivity index (χ2n) is 3.52. The summed E-state index contributed by atoms with van der Waals surface area (Å²) in [6, 6.07) is 4.76. The van der Waals surface area contributed by atoms with Crippen molar-refractivity contribution in [1.29, 1.82) is 0 Å². The van der Waals surface area contributed by atoms with Crippen molar-refractivity contribution in [2.45, 2.75) is 13.0 Å². The Labute approximate surface area is 92.6 Å². The topological polar surface area (TPSA) is 46.0 Å². The highest BCUT2D eigenvalue weighted by Gasteiger charge is 2.13. The average Bonchev–Trinajstić information content (AvgIpc) is 2.29. The zero-order valence-electron chi connectivity index (χ0n) is 8.76. The maximum Gasteiger partial charge on any atom is 0.141 e. The van der Waals surface area contributed by atoms with Gasteiger partial charge in [-0.2, -0.15) is 0 Å². The molecular formula is C12H11FN2O. The molecule has 0 fully saturated rings. The van der Waals surface area contributed by atoms with Crippen molar-refractivity contribution in [3.63, 3.8) is 0 Å². The third-order valence-electron chi connectivity index (χ3n) is 2.38. The van der Waals surface area contributed by atoms with Gasteiger partial charge in [-0.1, -0.05) is 6.07 Å². The lowest BCUT2D eigenvalue weighted by molar-refractivity contribution is 0.218. The molecule has 0 aliphatic heterocycles. The first kappa shape index (κ1) is 10.7. The lowest BCUT2D eigenvalue weighted by atomic mass is 10.0. The number of rotatable bonds is 2. The largest absolute Gasteiger partial charge is 0.384 e. The molecule has 0 aliphatic carbocycles. The highest BCUT2D eigenvalue weighted by atomic mass is 19.1. The Morgan fingerprint density at radius 1 is 1.38 bits per heavy atom. The number of aliphatic hydroxyl groups excluding tert-OH is 1. The number of nitrogens with zero attached hydrogens (tertiary/aromatic N) is 2. The molecule has 0 radical (unpaired) electrons. The summed E-state index contributed by atoms with van der Waals surface area (Å²) in [6.45, 7) is 1.80. The van der Waals surface area contributed by atoms with E-state index in [1.165, 1.54) is 12.3 Å². The molecule has 2 aromatic heterocycles. The van der Waals surface area contributed by atoms with Crippen LogP contribution >= 0.6 is 0 Å². The maximum absolute atomic E-state index is 13.0. The van der Waals surface area contributed by atoms with Crippen LogP contribution in [-0.2, 0) is 0 Å². The van der Waals surface area contributed by atoms with Gasteiger partial charge in [0, 0.05) is 29.2 Å². The molecule has 1 unspecified atom stereocenters. The first-order valence-corrected chi connectivity index (χ1v) is 4.88. The normalized spacial score (nSPS) is 12.4. The lowest BCUT2D eigenvalue weighted by Crippen LogP contribution is -2.04. The molecule has 0 aromatic carbocycles. The standard InChI is InChI=1S/C12H11FN2O/c1-8-11(3-2-4-15-8)12(16)9-5-10(13)7-14-6-9/h2-7,12,16H,1H3. The highest BCUT2D eigenvalue weighted by molar-refractivity contribution is 5.30. The highest BCUT2D eigenvalue weighted by Crippen LogP contribution is 2.23. The number of aryl methyl sites for hydroxylation is 1. The van der Waals surface area contributed by atoms with Crippen molar-refractivity contribution in [3.05, 3.63) is 59.4 Å². The summed E-state index contributed by atoms with van der Waals surface area (Å²) in [5, 5.41) is 10.1. The van der Waals surface area contributed by atoms with Crippen LogP contribution in [0.25, 0.3) is 0 Å². The monoisotopic (exact) mass is 218 g/mol. The molecular weight excluding hydrogens is 207 g/mol. The summed E-state index contributed by atoms with van der Waals surface area (Å²) in [6.07, 6.45) is 3.30. The molecule has 0 spiro atoms. The summed E-state index contributed by atoms with van der Waals surface area (Å²) in [5.41, 5.74) is 1.81. The molecule has 0 amide bonds. The molecule has 2 aromatic rings. The van der Waals surface area contributed by atoms with Crippen LogP contribution in [0.2, 0.25) is 0 Å². The summed E-state index contributed by atoms with van der Waals surface area (Å²) in [5.74, 6) is -0.460. The van der Waals surface area contributed by atoms with Crippen LogP contribution in [0, 0.1) is 12.7 Å². The van der Waals surface area contributed by atoms with Gasteiger partial charge in [-0.3, -0.25) is 9.97 Å². The van der Waals surface area contributed by atoms with E-state index in [9.17, 15) is 9.50 Å². The Morgan fingerprint density at radius 2 is 2.19 bits per heavy atom. The molecule has 3 nitrogen and oxygen atoms in total. The van der Waals surface area contributed by atoms with Crippen LogP contribution in [-0.4, -0.2) is 15.1 Å². The quantitative estimate of drug-likeness (QED) is 0.838. The van der Waals surface area contributed by atoms with E-state index < -0.39 is 11.9 Å². The third kappa shape index (κ3) is 2.06. The van der Waals surface area contributed by atoms with E-state index in [1.807, 2.05) is 0 Å². The number of aromatic nitrogens is 2. The molecule has 0 bridgehead atoms. The van der Waals surface area contributed by atoms with Gasteiger partial charge in [-0.05, 0) is 19.1 Å². The summed E-state index contributed by atoms with van der Waals surface area (Å²) >= 11 is 0. The van der Waals surface area contributed by atoms with Crippen LogP contribution in [0.4, 0.5) is 4.39 Å². The van der Waals surface area contributed by atoms with E-state index in [-0.39, 0.29) is 0 Å². The van der Waals surface area contributed by atoms with Crippen molar-refractivity contribution >= 4 is 0 Å². The minimum absolute atomic E-state index is 0.427. The molecule has 0 saturated heterocycles. The van der Waals surface area contributed by atoms with Crippen molar-refractivity contribution in [3.8, 4) is 0 Å². The van der Waals surface area contributed by atoms with E-state index in [0.29, 0.717) is 11.1 Å². The van der Waals surface area contributed by atoms with Gasteiger partial charge < -0.3 is 5.11 Å². The summed E-state index contributed by atoms with van der Waals surface area (Å²) < 4.78 is 13.0. The first-order valence-electron chi connectivity index (χ1n) is 4.88. The number of hydrogen-bond donors (Lipinski definition) is 1. The number of aliphatic hydroxyl groups is 1. The van der Waals surface area contributed by atoms with Crippen LogP contribution in [0.15, 0.2) is 36.8 Å². The van der Waals surface area contributed by atoms with Crippen molar-refractivity contribution in [1.82, 2.24) is 9.97 Å². The summed E-state index contributed by atoms with van der Waals surface area (Å²) in [7, 11) is 0. The SMILES string of the molecule is Cc1ncccc1C(O)c1cncc(F)c1. The van der Waals surface area contributed by atoms with Gasteiger partial charge >= 0.3 is 0 Å². The second kappa shape index (κ2) is 4.37. The van der Waals surface area contributed by atoms with Crippen LogP contribution in [0.1, 0.15) is 22.9 Å². The molecule has 2 rings (SSSR count). The number of halogens is 1. The zero-order chi connectivity index (χ0) is 11.5. The number of pyridine rings is 2. The fourth-order valence-electron chi connectivity index (χ4n) is 1.54. The van der Waals surface area contributed by atoms with Crippen LogP contribution in [0.3, 0.4) is 0 Å². The smallest absolute Gasteiger partial charge is 0.141 e. The Kier molecular flexibility index (Phi) is 2.92. The van der Waals surface area contributed by atoms with Crippen LogP contribution in [0.5, 0.6) is 0 Å². The maximum atomic E-state index is 13.0. The molecule has 1 N–H and O–H groups in total. The van der Waals surface area contributed by atoms with E-state index in [2.05, 4.69) is 9.97 Å². The van der Waals surface area contributed by atoms with Gasteiger partial charge in [0.15, 0.2) is 0 Å². The minimum Gasteiger partial charge on any atom is -0.384 e. The van der Waals surface area contributed by atoms with Gasteiger partial charge in [-0.25, -0.2) is 4.39 Å². The van der Waals surface area contributed by atoms with E-state index in [4.69, 9.17) is 0 Å². The molecule has 1 atom stereocenters. The molecule has 0 saturated carbocycles. The van der Waals surface area contributed by atoms with E-state index in [1.54, 1.807) is 25.3 Å². The molecule has 2 heterocycles. The predicted molar refractivity (Wildman–Crippen MR) is 57.2 cm³/mol. The molecule has 82 valence electrons. The third-order valence-corrected chi connectivity index (χ3v) is 2.38. The number of hydrogen-bond acceptors (Lipinski definition) is 3. The van der Waals surface area contributed by atoms with Gasteiger partial charge in [-0.15, -0.1) is 0 Å². The lowest BCUT2D eigenvalue weighted by Gasteiger charge is -2.12. The Balaban J connectivity index is 2.39. The fourth-order valence-corrected chi connectivity index (χ4v) is 1.54. The first-order chi connectivity index (χ1) is 7.68. The zero-order valence-corrected chi connectivity index (χ0v) is 8.76. The van der Waals surface area contributed by atoms with Gasteiger partial charge in [0.25, 0.3) is 0 Å². The Hall–Kier alpha value is -1.81. The summed E-state index contributed by atoms with van der Waals surface area (Å²) in [4.78, 5) is 7.78. The average molecular weight is 218 g/mol. The minimum atomic E-state index is -0.892. The fraction of sp³-hybridized carbons (Fsp3) is 0.167. The van der Waals surface area contributed by atoms with E-state index in [0.717, 1.165) is 11.9 Å². The predicted octanol–water partition coefficient (Wildman–Crippen LogP) is 2.01. The van der Waals surface area contributed by atoms with E-state index >= 15 is 0 Å². The second-order valence-corrected chi connectivity index (χ2v) is 3.52. The molecule has 0 aliphatic rings. The Bertz CT molecular complexity index is 502. The van der Waals surface area contributed by atoms with Crippen molar-refractivity contribution in [2.75, 3.05) is 0 Å². The molecule has 16 heavy (non-hydrogen) atoms. The van der Waals surface area contributed by atoms with Gasteiger partial charge in [0.2, 0.25) is 0 Å². The van der Waals surface area contributed by atoms with Crippen molar-refractivity contribution in [2.24, 2.45) is 0 Å². The van der Waals surface area contributed by atoms with Gasteiger partial charge in [0.05, 0.1) is 6.20 Å². The Morgan fingerprint density at radius 3 is 2.88 bits per heavy atom. The van der Waals surface area contributed by atoms with Crippen molar-refractivity contribution < 1.29 is 9.50 Å². The molecule has 4 heteroatoms. The van der Waals surface area contributed by atoms with Crippen LogP contribution < -0.4 is 0 Å².